The zero-order valence-electron chi connectivity index (χ0n) is 10.9. The van der Waals surface area contributed by atoms with E-state index in [2.05, 4.69) is 0 Å². The predicted octanol–water partition coefficient (Wildman–Crippen LogP) is 1.96. The van der Waals surface area contributed by atoms with Gasteiger partial charge in [-0.2, -0.15) is 0 Å². The number of esters is 1. The van der Waals surface area contributed by atoms with Crippen LogP contribution in [0.3, 0.4) is 0 Å². The Kier molecular flexibility index (Phi) is 4.39. The molecule has 5 nitrogen and oxygen atoms in total. The van der Waals surface area contributed by atoms with E-state index < -0.39 is 0 Å². The molecule has 0 unspecified atom stereocenters. The minimum atomic E-state index is -0.362. The van der Waals surface area contributed by atoms with E-state index in [0.717, 1.165) is 5.56 Å². The summed E-state index contributed by atoms with van der Waals surface area (Å²) in [6.45, 7) is 2.60. The van der Waals surface area contributed by atoms with Crippen molar-refractivity contribution >= 4 is 12.1 Å². The molecule has 1 aliphatic heterocycles. The highest BCUT2D eigenvalue weighted by Crippen LogP contribution is 2.14. The average Bonchev–Trinajstić information content (AvgIpc) is 2.85. The van der Waals surface area contributed by atoms with Crippen LogP contribution < -0.4 is 0 Å². The van der Waals surface area contributed by atoms with Crippen LogP contribution in [0.15, 0.2) is 30.3 Å². The summed E-state index contributed by atoms with van der Waals surface area (Å²) < 4.78 is 10.3. The molecule has 1 aromatic carbocycles. The van der Waals surface area contributed by atoms with Gasteiger partial charge >= 0.3 is 12.1 Å². The maximum atomic E-state index is 11.8. The number of carbonyl (C=O) groups is 2. The summed E-state index contributed by atoms with van der Waals surface area (Å²) in [5.74, 6) is -0.315. The lowest BCUT2D eigenvalue weighted by Gasteiger charge is -2.16. The van der Waals surface area contributed by atoms with E-state index in [-0.39, 0.29) is 24.8 Å². The van der Waals surface area contributed by atoms with Crippen molar-refractivity contribution < 1.29 is 19.1 Å². The van der Waals surface area contributed by atoms with Crippen molar-refractivity contribution in [3.05, 3.63) is 35.9 Å². The largest absolute Gasteiger partial charge is 0.461 e. The van der Waals surface area contributed by atoms with Crippen molar-refractivity contribution in [1.82, 2.24) is 4.90 Å². The third-order valence-electron chi connectivity index (χ3n) is 2.94. The van der Waals surface area contributed by atoms with Crippen molar-refractivity contribution in [1.29, 1.82) is 0 Å². The van der Waals surface area contributed by atoms with Crippen LogP contribution in [0, 0.1) is 0 Å². The molecule has 1 aliphatic rings. The van der Waals surface area contributed by atoms with Crippen LogP contribution in [-0.4, -0.2) is 36.2 Å². The molecule has 0 N–H and O–H groups in total. The highest BCUT2D eigenvalue weighted by molar-refractivity contribution is 5.69. The zero-order valence-corrected chi connectivity index (χ0v) is 10.9. The van der Waals surface area contributed by atoms with Gasteiger partial charge in [-0.25, -0.2) is 4.79 Å². The Labute approximate surface area is 112 Å². The van der Waals surface area contributed by atoms with Crippen LogP contribution in [0.2, 0.25) is 0 Å². The van der Waals surface area contributed by atoms with Crippen molar-refractivity contribution in [3.63, 3.8) is 0 Å². The fourth-order valence-corrected chi connectivity index (χ4v) is 2.04. The van der Waals surface area contributed by atoms with E-state index >= 15 is 0 Å². The number of benzene rings is 1. The molecule has 2 rings (SSSR count). The van der Waals surface area contributed by atoms with Crippen LogP contribution in [-0.2, 0) is 20.9 Å². The third-order valence-corrected chi connectivity index (χ3v) is 2.94. The molecule has 0 saturated carbocycles. The van der Waals surface area contributed by atoms with E-state index in [4.69, 9.17) is 9.47 Å². The van der Waals surface area contributed by atoms with Gasteiger partial charge < -0.3 is 14.4 Å². The second-order valence-corrected chi connectivity index (χ2v) is 4.51. The highest BCUT2D eigenvalue weighted by Gasteiger charge is 2.29. The van der Waals surface area contributed by atoms with Gasteiger partial charge in [-0.1, -0.05) is 30.3 Å². The molecular weight excluding hydrogens is 246 g/mol. The van der Waals surface area contributed by atoms with Crippen LogP contribution in [0.1, 0.15) is 18.9 Å². The molecule has 1 heterocycles. The molecule has 0 aliphatic carbocycles. The van der Waals surface area contributed by atoms with Crippen LogP contribution in [0.25, 0.3) is 0 Å². The molecule has 1 aromatic rings. The molecule has 0 radical (unpaired) electrons. The van der Waals surface area contributed by atoms with Gasteiger partial charge in [0.15, 0.2) is 0 Å². The minimum Gasteiger partial charge on any atom is -0.461 e. The molecule has 0 aromatic heterocycles. The Morgan fingerprint density at radius 3 is 2.74 bits per heavy atom. The normalized spacial score (nSPS) is 18.2. The number of ether oxygens (including phenoxy) is 2. The van der Waals surface area contributed by atoms with Gasteiger partial charge in [0.2, 0.25) is 0 Å². The lowest BCUT2D eigenvalue weighted by atomic mass is 10.2. The number of hydrogen-bond donors (Lipinski definition) is 0. The Bertz CT molecular complexity index is 446. The second kappa shape index (κ2) is 6.22. The Morgan fingerprint density at radius 1 is 1.32 bits per heavy atom. The van der Waals surface area contributed by atoms with Crippen molar-refractivity contribution in [2.75, 3.05) is 13.1 Å². The van der Waals surface area contributed by atoms with Crippen LogP contribution in [0.5, 0.6) is 0 Å². The van der Waals surface area contributed by atoms with E-state index in [1.54, 1.807) is 4.90 Å². The van der Waals surface area contributed by atoms with E-state index in [9.17, 15) is 9.59 Å². The summed E-state index contributed by atoms with van der Waals surface area (Å²) in [5, 5.41) is 0. The average molecular weight is 263 g/mol. The van der Waals surface area contributed by atoms with Gasteiger partial charge in [-0.05, 0) is 5.56 Å². The highest BCUT2D eigenvalue weighted by atomic mass is 16.6. The molecular formula is C14H17NO4. The first-order valence-electron chi connectivity index (χ1n) is 6.28. The van der Waals surface area contributed by atoms with Gasteiger partial charge in [-0.15, -0.1) is 0 Å². The van der Waals surface area contributed by atoms with Gasteiger partial charge in [0.05, 0.1) is 6.54 Å². The fraction of sp³-hybridized carbons (Fsp3) is 0.429. The first-order chi connectivity index (χ1) is 9.15. The molecule has 5 heteroatoms. The summed E-state index contributed by atoms with van der Waals surface area (Å²) in [5.41, 5.74) is 0.951. The third kappa shape index (κ3) is 3.98. The summed E-state index contributed by atoms with van der Waals surface area (Å²) in [4.78, 5) is 24.2. The van der Waals surface area contributed by atoms with Gasteiger partial charge in [0.25, 0.3) is 0 Å². The number of carbonyl (C=O) groups excluding carboxylic acids is 2. The Morgan fingerprint density at radius 2 is 2.05 bits per heavy atom. The topological polar surface area (TPSA) is 55.8 Å². The van der Waals surface area contributed by atoms with Gasteiger partial charge in [-0.3, -0.25) is 4.79 Å². The summed E-state index contributed by atoms with van der Waals surface area (Å²) >= 11 is 0. The predicted molar refractivity (Wildman–Crippen MR) is 68.4 cm³/mol. The minimum absolute atomic E-state index is 0.207. The molecule has 1 saturated heterocycles. The number of likely N-dealkylation sites (tertiary alicyclic amines) is 1. The molecule has 102 valence electrons. The first-order valence-corrected chi connectivity index (χ1v) is 6.28. The lowest BCUT2D eigenvalue weighted by Crippen LogP contribution is -2.31. The van der Waals surface area contributed by atoms with Crippen molar-refractivity contribution in [2.45, 2.75) is 26.1 Å². The Hall–Kier alpha value is -2.04. The molecule has 1 amide bonds. The van der Waals surface area contributed by atoms with Crippen LogP contribution >= 0.6 is 0 Å². The first kappa shape index (κ1) is 13.4. The van der Waals surface area contributed by atoms with E-state index in [1.807, 2.05) is 30.3 Å². The maximum Gasteiger partial charge on any atom is 0.410 e. The van der Waals surface area contributed by atoms with Crippen molar-refractivity contribution in [2.24, 2.45) is 0 Å². The summed E-state index contributed by atoms with van der Waals surface area (Å²) in [7, 11) is 0. The number of nitrogens with zero attached hydrogens (tertiary/aromatic N) is 1. The summed E-state index contributed by atoms with van der Waals surface area (Å²) in [6, 6.07) is 9.51. The van der Waals surface area contributed by atoms with Crippen molar-refractivity contribution in [3.8, 4) is 0 Å². The molecule has 19 heavy (non-hydrogen) atoms. The second-order valence-electron chi connectivity index (χ2n) is 4.51. The number of rotatable bonds is 3. The SMILES string of the molecule is CC(=O)O[C@@H]1CCN(C(=O)OCc2ccccc2)C1. The molecule has 0 spiro atoms. The monoisotopic (exact) mass is 263 g/mol. The van der Waals surface area contributed by atoms with E-state index in [1.165, 1.54) is 6.92 Å². The molecule has 1 fully saturated rings. The standard InChI is InChI=1S/C14H17NO4/c1-11(16)19-13-7-8-15(9-13)14(17)18-10-12-5-3-2-4-6-12/h2-6,13H,7-10H2,1H3/t13-/m1/s1. The quantitative estimate of drug-likeness (QED) is 0.782. The van der Waals surface area contributed by atoms with Gasteiger partial charge in [0, 0.05) is 19.9 Å². The maximum absolute atomic E-state index is 11.8. The Balaban J connectivity index is 1.77. The van der Waals surface area contributed by atoms with E-state index in [0.29, 0.717) is 19.5 Å². The lowest BCUT2D eigenvalue weighted by molar-refractivity contribution is -0.145. The number of hydrogen-bond acceptors (Lipinski definition) is 4. The fourth-order valence-electron chi connectivity index (χ4n) is 2.04. The molecule has 1 atom stereocenters. The molecule has 0 bridgehead atoms. The number of amides is 1. The smallest absolute Gasteiger partial charge is 0.410 e. The zero-order chi connectivity index (χ0) is 13.7. The summed E-state index contributed by atoms with van der Waals surface area (Å²) in [6.07, 6.45) is 0.0975. The van der Waals surface area contributed by atoms with Crippen LogP contribution in [0.4, 0.5) is 4.79 Å². The van der Waals surface area contributed by atoms with Gasteiger partial charge in [0.1, 0.15) is 12.7 Å².